The molecule has 0 spiro atoms. The standard InChI is InChI=1S/C4H6N4O2S/c5-11(9,10)8-4-6-2-1-3-7-4/h1-3H,(H2,5,9,10)(H,6,7,8). The third-order valence-corrected chi connectivity index (χ3v) is 1.27. The summed E-state index contributed by atoms with van der Waals surface area (Å²) in [6.07, 6.45) is 2.81. The lowest BCUT2D eigenvalue weighted by molar-refractivity contribution is 0.602. The number of nitrogens with zero attached hydrogens (tertiary/aromatic N) is 2. The van der Waals surface area contributed by atoms with Crippen molar-refractivity contribution in [1.82, 2.24) is 9.97 Å². The van der Waals surface area contributed by atoms with Crippen molar-refractivity contribution in [3.63, 3.8) is 0 Å². The fraction of sp³-hybridized carbons (Fsp3) is 0. The predicted octanol–water partition coefficient (Wildman–Crippen LogP) is -0.908. The summed E-state index contributed by atoms with van der Waals surface area (Å²) in [5.74, 6) is -0.0324. The largest absolute Gasteiger partial charge is 0.298 e. The minimum absolute atomic E-state index is 0.0324. The minimum atomic E-state index is -3.75. The van der Waals surface area contributed by atoms with Crippen molar-refractivity contribution in [2.45, 2.75) is 0 Å². The molecule has 0 aliphatic rings. The maximum absolute atomic E-state index is 10.4. The van der Waals surface area contributed by atoms with E-state index in [4.69, 9.17) is 0 Å². The summed E-state index contributed by atoms with van der Waals surface area (Å²) in [6.45, 7) is 0. The van der Waals surface area contributed by atoms with Gasteiger partial charge in [0, 0.05) is 12.4 Å². The van der Waals surface area contributed by atoms with Crippen LogP contribution in [0.1, 0.15) is 0 Å². The Hall–Kier alpha value is -1.21. The van der Waals surface area contributed by atoms with E-state index >= 15 is 0 Å². The molecule has 0 saturated carbocycles. The summed E-state index contributed by atoms with van der Waals surface area (Å²) in [5, 5.41) is 4.65. The number of anilines is 1. The van der Waals surface area contributed by atoms with E-state index in [1.54, 1.807) is 6.07 Å². The molecule has 0 amide bonds. The van der Waals surface area contributed by atoms with E-state index in [-0.39, 0.29) is 5.95 Å². The number of hydrogen-bond acceptors (Lipinski definition) is 4. The van der Waals surface area contributed by atoms with Crippen LogP contribution in [0.3, 0.4) is 0 Å². The van der Waals surface area contributed by atoms with Gasteiger partial charge >= 0.3 is 0 Å². The van der Waals surface area contributed by atoms with Gasteiger partial charge in [0.15, 0.2) is 0 Å². The van der Waals surface area contributed by atoms with Gasteiger partial charge in [0.25, 0.3) is 10.2 Å². The Morgan fingerprint density at radius 3 is 2.36 bits per heavy atom. The normalized spacial score (nSPS) is 11.0. The second kappa shape index (κ2) is 2.81. The van der Waals surface area contributed by atoms with Gasteiger partial charge in [-0.25, -0.2) is 19.8 Å². The monoisotopic (exact) mass is 174 g/mol. The van der Waals surface area contributed by atoms with Crippen LogP contribution in [0.15, 0.2) is 18.5 Å². The van der Waals surface area contributed by atoms with Crippen molar-refractivity contribution >= 4 is 16.2 Å². The Bertz CT molecular complexity index is 321. The minimum Gasteiger partial charge on any atom is -0.239 e. The van der Waals surface area contributed by atoms with Crippen molar-refractivity contribution in [2.24, 2.45) is 5.14 Å². The smallest absolute Gasteiger partial charge is 0.239 e. The van der Waals surface area contributed by atoms with Crippen LogP contribution in [0.5, 0.6) is 0 Å². The van der Waals surface area contributed by atoms with E-state index in [0.29, 0.717) is 0 Å². The molecule has 1 heterocycles. The molecule has 60 valence electrons. The van der Waals surface area contributed by atoms with Crippen LogP contribution in [0.2, 0.25) is 0 Å². The number of nitrogens with one attached hydrogen (secondary N) is 1. The van der Waals surface area contributed by atoms with E-state index in [0.717, 1.165) is 0 Å². The Balaban J connectivity index is 2.82. The second-order valence-electron chi connectivity index (χ2n) is 1.72. The molecule has 0 saturated heterocycles. The summed E-state index contributed by atoms with van der Waals surface area (Å²) >= 11 is 0. The highest BCUT2D eigenvalue weighted by Gasteiger charge is 2.01. The summed E-state index contributed by atoms with van der Waals surface area (Å²) in [4.78, 5) is 7.17. The van der Waals surface area contributed by atoms with Gasteiger partial charge < -0.3 is 0 Å². The van der Waals surface area contributed by atoms with E-state index in [1.807, 2.05) is 4.72 Å². The maximum Gasteiger partial charge on any atom is 0.298 e. The zero-order chi connectivity index (χ0) is 8.32. The quantitative estimate of drug-likeness (QED) is 0.606. The van der Waals surface area contributed by atoms with Crippen LogP contribution in [-0.4, -0.2) is 18.4 Å². The first-order valence-electron chi connectivity index (χ1n) is 2.65. The van der Waals surface area contributed by atoms with Gasteiger partial charge in [0.05, 0.1) is 0 Å². The molecule has 0 fully saturated rings. The molecule has 3 N–H and O–H groups in total. The van der Waals surface area contributed by atoms with Gasteiger partial charge in [-0.3, -0.25) is 0 Å². The third kappa shape index (κ3) is 2.92. The molecule has 0 aromatic carbocycles. The van der Waals surface area contributed by atoms with Crippen molar-refractivity contribution in [1.29, 1.82) is 0 Å². The highest BCUT2D eigenvalue weighted by Crippen LogP contribution is 1.93. The first-order valence-corrected chi connectivity index (χ1v) is 4.20. The number of aromatic nitrogens is 2. The number of nitrogens with two attached hydrogens (primary N) is 1. The molecule has 0 radical (unpaired) electrons. The molecule has 0 aliphatic carbocycles. The molecule has 1 rings (SSSR count). The van der Waals surface area contributed by atoms with Crippen molar-refractivity contribution < 1.29 is 8.42 Å². The Kier molecular flexibility index (Phi) is 2.01. The fourth-order valence-electron chi connectivity index (χ4n) is 0.479. The molecule has 1 aromatic heterocycles. The molecule has 0 bridgehead atoms. The lowest BCUT2D eigenvalue weighted by Crippen LogP contribution is -2.22. The number of rotatable bonds is 2. The zero-order valence-corrected chi connectivity index (χ0v) is 6.25. The van der Waals surface area contributed by atoms with Gasteiger partial charge in [-0.1, -0.05) is 0 Å². The van der Waals surface area contributed by atoms with Gasteiger partial charge in [-0.2, -0.15) is 8.42 Å². The predicted molar refractivity (Wildman–Crippen MR) is 38.8 cm³/mol. The van der Waals surface area contributed by atoms with Crippen LogP contribution in [0, 0.1) is 0 Å². The lowest BCUT2D eigenvalue weighted by atomic mass is 10.7. The average Bonchev–Trinajstić information content (AvgIpc) is 1.85. The molecule has 0 atom stereocenters. The van der Waals surface area contributed by atoms with Gasteiger partial charge in [-0.05, 0) is 6.07 Å². The van der Waals surface area contributed by atoms with Gasteiger partial charge in [0.2, 0.25) is 5.95 Å². The molecular weight excluding hydrogens is 168 g/mol. The topological polar surface area (TPSA) is 98.0 Å². The first kappa shape index (κ1) is 7.89. The third-order valence-electron chi connectivity index (χ3n) is 0.799. The van der Waals surface area contributed by atoms with Crippen molar-refractivity contribution in [2.75, 3.05) is 4.72 Å². The van der Waals surface area contributed by atoms with Gasteiger partial charge in [-0.15, -0.1) is 0 Å². The van der Waals surface area contributed by atoms with Gasteiger partial charge in [0.1, 0.15) is 0 Å². The van der Waals surface area contributed by atoms with Crippen molar-refractivity contribution in [3.05, 3.63) is 18.5 Å². The first-order chi connectivity index (χ1) is 5.08. The number of hydrogen-bond donors (Lipinski definition) is 2. The zero-order valence-electron chi connectivity index (χ0n) is 5.43. The van der Waals surface area contributed by atoms with E-state index in [2.05, 4.69) is 15.1 Å². The highest BCUT2D eigenvalue weighted by molar-refractivity contribution is 7.90. The summed E-state index contributed by atoms with van der Waals surface area (Å²) in [6, 6.07) is 1.56. The average molecular weight is 174 g/mol. The molecule has 0 unspecified atom stereocenters. The summed E-state index contributed by atoms with van der Waals surface area (Å²) < 4.78 is 22.7. The molecule has 0 aliphatic heterocycles. The fourth-order valence-corrected chi connectivity index (χ4v) is 0.839. The molecule has 11 heavy (non-hydrogen) atoms. The highest BCUT2D eigenvalue weighted by atomic mass is 32.2. The van der Waals surface area contributed by atoms with Crippen molar-refractivity contribution in [3.8, 4) is 0 Å². The van der Waals surface area contributed by atoms with Crippen LogP contribution in [0.4, 0.5) is 5.95 Å². The van der Waals surface area contributed by atoms with Crippen LogP contribution in [-0.2, 0) is 10.2 Å². The van der Waals surface area contributed by atoms with Crippen LogP contribution < -0.4 is 9.86 Å². The molecule has 1 aromatic rings. The molecule has 6 nitrogen and oxygen atoms in total. The van der Waals surface area contributed by atoms with E-state index in [1.165, 1.54) is 12.4 Å². The van der Waals surface area contributed by atoms with Crippen LogP contribution >= 0.6 is 0 Å². The van der Waals surface area contributed by atoms with E-state index < -0.39 is 10.2 Å². The Morgan fingerprint density at radius 2 is 1.91 bits per heavy atom. The summed E-state index contributed by atoms with van der Waals surface area (Å²) in [5.41, 5.74) is 0. The molecular formula is C4H6N4O2S. The summed E-state index contributed by atoms with van der Waals surface area (Å²) in [7, 11) is -3.75. The second-order valence-corrected chi connectivity index (χ2v) is 3.01. The lowest BCUT2D eigenvalue weighted by Gasteiger charge is -1.98. The SMILES string of the molecule is NS(=O)(=O)Nc1ncccn1. The van der Waals surface area contributed by atoms with Crippen LogP contribution in [0.25, 0.3) is 0 Å². The maximum atomic E-state index is 10.4. The Morgan fingerprint density at radius 1 is 1.36 bits per heavy atom. The Labute approximate surface area is 63.7 Å². The van der Waals surface area contributed by atoms with E-state index in [9.17, 15) is 8.42 Å². The molecule has 7 heteroatoms.